The number of nitrogens with zero attached hydrogens (tertiary/aromatic N) is 1. The van der Waals surface area contributed by atoms with E-state index in [1.807, 2.05) is 12.1 Å². The molecule has 0 amide bonds. The Labute approximate surface area is 138 Å². The molecule has 0 bridgehead atoms. The lowest BCUT2D eigenvalue weighted by Crippen LogP contribution is -2.31. The van der Waals surface area contributed by atoms with Gasteiger partial charge in [-0.05, 0) is 24.0 Å². The van der Waals surface area contributed by atoms with Gasteiger partial charge < -0.3 is 10.1 Å². The van der Waals surface area contributed by atoms with Crippen molar-refractivity contribution < 1.29 is 4.74 Å². The van der Waals surface area contributed by atoms with Crippen molar-refractivity contribution in [3.05, 3.63) is 60.7 Å². The molecule has 4 rings (SSSR count). The lowest BCUT2D eigenvalue weighted by molar-refractivity contribution is 0.0822. The Bertz CT molecular complexity index is 567. The summed E-state index contributed by atoms with van der Waals surface area (Å²) in [5.41, 5.74) is 2.55. The maximum absolute atomic E-state index is 5.28. The summed E-state index contributed by atoms with van der Waals surface area (Å²) in [6.45, 7) is 3.82. The van der Waals surface area contributed by atoms with Crippen LogP contribution in [0.3, 0.4) is 0 Å². The molecule has 0 radical (unpaired) electrons. The van der Waals surface area contributed by atoms with Crippen molar-refractivity contribution in [3.63, 3.8) is 0 Å². The largest absolute Gasteiger partial charge is 0.381 e. The van der Waals surface area contributed by atoms with Crippen LogP contribution in [0.2, 0.25) is 0 Å². The highest BCUT2D eigenvalue weighted by atomic mass is 16.5. The lowest BCUT2D eigenvalue weighted by Gasteiger charge is -2.21. The van der Waals surface area contributed by atoms with E-state index in [1.165, 1.54) is 17.0 Å². The van der Waals surface area contributed by atoms with Crippen LogP contribution in [0.25, 0.3) is 11.1 Å². The van der Waals surface area contributed by atoms with Crippen LogP contribution in [0, 0.1) is 5.92 Å². The van der Waals surface area contributed by atoms with Gasteiger partial charge in [0.2, 0.25) is 0 Å². The average Bonchev–Trinajstić information content (AvgIpc) is 3.19. The summed E-state index contributed by atoms with van der Waals surface area (Å²) in [6, 6.07) is 20.8. The van der Waals surface area contributed by atoms with Gasteiger partial charge in [0, 0.05) is 25.7 Å². The number of rotatable bonds is 2. The summed E-state index contributed by atoms with van der Waals surface area (Å²) < 4.78 is 5.28. The van der Waals surface area contributed by atoms with Crippen LogP contribution in [0.5, 0.6) is 0 Å². The smallest absolute Gasteiger partial charge is 0.0997 e. The average molecular weight is 308 g/mol. The van der Waals surface area contributed by atoms with E-state index in [4.69, 9.17) is 4.74 Å². The van der Waals surface area contributed by atoms with Crippen molar-refractivity contribution in [1.29, 1.82) is 0 Å². The van der Waals surface area contributed by atoms with E-state index in [9.17, 15) is 0 Å². The molecule has 1 fully saturated rings. The molecule has 120 valence electrons. The summed E-state index contributed by atoms with van der Waals surface area (Å²) >= 11 is 0. The zero-order valence-corrected chi connectivity index (χ0v) is 13.4. The first kappa shape index (κ1) is 15.8. The zero-order chi connectivity index (χ0) is 15.7. The third-order valence-electron chi connectivity index (χ3n) is 4.19. The molecule has 2 heterocycles. The maximum atomic E-state index is 5.28. The van der Waals surface area contributed by atoms with E-state index >= 15 is 0 Å². The van der Waals surface area contributed by atoms with Crippen molar-refractivity contribution in [2.75, 3.05) is 26.3 Å². The van der Waals surface area contributed by atoms with Gasteiger partial charge in [-0.15, -0.1) is 0 Å². The number of ether oxygens (including phenoxy) is 1. The summed E-state index contributed by atoms with van der Waals surface area (Å²) in [5.74, 6) is 1.89. The molecule has 1 N–H and O–H groups in total. The highest BCUT2D eigenvalue weighted by molar-refractivity contribution is 5.85. The third kappa shape index (κ3) is 4.67. The SMILES string of the molecule is C1CNC(C2CCOCC2)=N1.c1ccc(-c2ccccc2)cc1. The number of benzene rings is 2. The van der Waals surface area contributed by atoms with Gasteiger partial charge in [-0.25, -0.2) is 0 Å². The van der Waals surface area contributed by atoms with Crippen LogP contribution < -0.4 is 5.32 Å². The van der Waals surface area contributed by atoms with E-state index in [1.54, 1.807) is 0 Å². The molecule has 0 unspecified atom stereocenters. The quantitative estimate of drug-likeness (QED) is 0.916. The Morgan fingerprint density at radius 1 is 0.826 bits per heavy atom. The molecule has 2 aliphatic rings. The predicted molar refractivity (Wildman–Crippen MR) is 95.7 cm³/mol. The molecule has 23 heavy (non-hydrogen) atoms. The molecule has 0 spiro atoms. The molecule has 0 atom stereocenters. The Morgan fingerprint density at radius 2 is 1.39 bits per heavy atom. The van der Waals surface area contributed by atoms with Crippen molar-refractivity contribution >= 4 is 5.84 Å². The van der Waals surface area contributed by atoms with Gasteiger partial charge in [-0.3, -0.25) is 4.99 Å². The molecule has 2 aliphatic heterocycles. The van der Waals surface area contributed by atoms with Gasteiger partial charge in [0.25, 0.3) is 0 Å². The summed E-state index contributed by atoms with van der Waals surface area (Å²) in [5, 5.41) is 3.32. The summed E-state index contributed by atoms with van der Waals surface area (Å²) in [4.78, 5) is 4.41. The molecule has 0 aliphatic carbocycles. The standard InChI is InChI=1S/C12H10.C8H14N2O/c1-3-7-11(8-4-1)12-9-5-2-6-10-12;1-5-11-6-2-7(1)8-9-3-4-10-8/h1-10H;7H,1-6H2,(H,9,10). The van der Waals surface area contributed by atoms with Crippen molar-refractivity contribution in [2.45, 2.75) is 12.8 Å². The van der Waals surface area contributed by atoms with Crippen LogP contribution in [0.1, 0.15) is 12.8 Å². The normalized spacial score (nSPS) is 17.7. The van der Waals surface area contributed by atoms with Gasteiger partial charge in [0.15, 0.2) is 0 Å². The van der Waals surface area contributed by atoms with E-state index in [2.05, 4.69) is 58.8 Å². The van der Waals surface area contributed by atoms with E-state index < -0.39 is 0 Å². The molecule has 3 heteroatoms. The minimum Gasteiger partial charge on any atom is -0.381 e. The molecular weight excluding hydrogens is 284 g/mol. The number of amidine groups is 1. The highest BCUT2D eigenvalue weighted by Crippen LogP contribution is 2.17. The van der Waals surface area contributed by atoms with Crippen LogP contribution >= 0.6 is 0 Å². The molecule has 3 nitrogen and oxygen atoms in total. The van der Waals surface area contributed by atoms with Gasteiger partial charge >= 0.3 is 0 Å². The molecule has 2 aromatic rings. The van der Waals surface area contributed by atoms with E-state index in [-0.39, 0.29) is 0 Å². The molecule has 2 aromatic carbocycles. The first-order valence-electron chi connectivity index (χ1n) is 8.40. The van der Waals surface area contributed by atoms with Gasteiger partial charge in [-0.2, -0.15) is 0 Å². The first-order valence-corrected chi connectivity index (χ1v) is 8.40. The Hall–Kier alpha value is -2.13. The Balaban J connectivity index is 0.000000136. The molecular formula is C20H24N2O. The first-order chi connectivity index (χ1) is 11.4. The lowest BCUT2D eigenvalue weighted by atomic mass is 9.99. The minimum atomic E-state index is 0.659. The van der Waals surface area contributed by atoms with Crippen molar-refractivity contribution in [3.8, 4) is 11.1 Å². The van der Waals surface area contributed by atoms with Gasteiger partial charge in [0.05, 0.1) is 12.4 Å². The molecule has 0 aromatic heterocycles. The van der Waals surface area contributed by atoms with Crippen LogP contribution in [0.15, 0.2) is 65.7 Å². The monoisotopic (exact) mass is 308 g/mol. The van der Waals surface area contributed by atoms with Crippen LogP contribution in [-0.4, -0.2) is 32.1 Å². The number of hydrogen-bond acceptors (Lipinski definition) is 3. The molecule has 0 saturated carbocycles. The predicted octanol–water partition coefficient (Wildman–Crippen LogP) is 3.77. The Morgan fingerprint density at radius 3 is 1.87 bits per heavy atom. The summed E-state index contributed by atoms with van der Waals surface area (Å²) in [6.07, 6.45) is 2.29. The Kier molecular flexibility index (Phi) is 5.81. The topological polar surface area (TPSA) is 33.6 Å². The van der Waals surface area contributed by atoms with Crippen molar-refractivity contribution in [2.24, 2.45) is 10.9 Å². The fourth-order valence-electron chi connectivity index (χ4n) is 2.92. The number of aliphatic imine (C=N–C) groups is 1. The van der Waals surface area contributed by atoms with Crippen LogP contribution in [-0.2, 0) is 4.74 Å². The highest BCUT2D eigenvalue weighted by Gasteiger charge is 2.20. The van der Waals surface area contributed by atoms with E-state index in [0.717, 1.165) is 39.1 Å². The number of hydrogen-bond donors (Lipinski definition) is 1. The third-order valence-corrected chi connectivity index (χ3v) is 4.19. The number of nitrogens with one attached hydrogen (secondary N) is 1. The van der Waals surface area contributed by atoms with Gasteiger partial charge in [0.1, 0.15) is 0 Å². The minimum absolute atomic E-state index is 0.659. The second kappa shape index (κ2) is 8.49. The second-order valence-corrected chi connectivity index (χ2v) is 5.81. The summed E-state index contributed by atoms with van der Waals surface area (Å²) in [7, 11) is 0. The molecule has 1 saturated heterocycles. The fraction of sp³-hybridized carbons (Fsp3) is 0.350. The van der Waals surface area contributed by atoms with Crippen molar-refractivity contribution in [1.82, 2.24) is 5.32 Å². The van der Waals surface area contributed by atoms with Gasteiger partial charge in [-0.1, -0.05) is 60.7 Å². The van der Waals surface area contributed by atoms with E-state index in [0.29, 0.717) is 5.92 Å². The second-order valence-electron chi connectivity index (χ2n) is 5.81. The maximum Gasteiger partial charge on any atom is 0.0997 e. The fourth-order valence-corrected chi connectivity index (χ4v) is 2.92. The zero-order valence-electron chi connectivity index (χ0n) is 13.4. The van der Waals surface area contributed by atoms with Crippen LogP contribution in [0.4, 0.5) is 0 Å².